The minimum Gasteiger partial charge on any atom is -0.305 e. The lowest BCUT2D eigenvalue weighted by Gasteiger charge is -2.03. The smallest absolute Gasteiger partial charge is 0.275 e. The quantitative estimate of drug-likeness (QED) is 0.851. The number of rotatable bonds is 2. The molecule has 0 saturated carbocycles. The minimum absolute atomic E-state index is 0.260. The molecule has 86 valence electrons. The predicted octanol–water partition coefficient (Wildman–Crippen LogP) is 3.04. The van der Waals surface area contributed by atoms with Crippen LogP contribution in [0.25, 0.3) is 0 Å². The van der Waals surface area contributed by atoms with E-state index >= 15 is 0 Å². The topological polar surface area (TPSA) is 54.9 Å². The summed E-state index contributed by atoms with van der Waals surface area (Å²) in [6.45, 7) is 0. The van der Waals surface area contributed by atoms with Gasteiger partial charge in [0.05, 0.1) is 5.02 Å². The van der Waals surface area contributed by atoms with Gasteiger partial charge >= 0.3 is 0 Å². The second kappa shape index (κ2) is 5.12. The molecule has 0 radical (unpaired) electrons. The van der Waals surface area contributed by atoms with Crippen LogP contribution in [0.5, 0.6) is 0 Å². The standard InChI is InChI=1S/C11H7Cl2N3O/c12-7-4-5-8(14-6-7)11(17)16-10-3-1-2-9(13)15-10/h1-6H,(H,15,16,17). The molecule has 2 rings (SSSR count). The number of nitrogens with zero attached hydrogens (tertiary/aromatic N) is 2. The molecule has 0 aromatic carbocycles. The maximum absolute atomic E-state index is 11.7. The number of amides is 1. The third kappa shape index (κ3) is 3.15. The summed E-state index contributed by atoms with van der Waals surface area (Å²) in [5, 5.41) is 3.36. The predicted molar refractivity (Wildman–Crippen MR) is 66.4 cm³/mol. The fraction of sp³-hybridized carbons (Fsp3) is 0. The molecular formula is C11H7Cl2N3O. The highest BCUT2D eigenvalue weighted by Gasteiger charge is 2.08. The van der Waals surface area contributed by atoms with Gasteiger partial charge in [-0.15, -0.1) is 0 Å². The minimum atomic E-state index is -0.364. The Balaban J connectivity index is 2.14. The van der Waals surface area contributed by atoms with Crippen molar-refractivity contribution in [2.75, 3.05) is 5.32 Å². The van der Waals surface area contributed by atoms with Crippen LogP contribution in [0.1, 0.15) is 10.5 Å². The van der Waals surface area contributed by atoms with Crippen molar-refractivity contribution in [1.29, 1.82) is 0 Å². The van der Waals surface area contributed by atoms with Crippen LogP contribution < -0.4 is 5.32 Å². The van der Waals surface area contributed by atoms with Gasteiger partial charge in [0.1, 0.15) is 16.7 Å². The fourth-order valence-corrected chi connectivity index (χ4v) is 1.44. The summed E-state index contributed by atoms with van der Waals surface area (Å²) in [5.74, 6) is 0.00989. The number of hydrogen-bond acceptors (Lipinski definition) is 3. The second-order valence-electron chi connectivity index (χ2n) is 3.16. The lowest BCUT2D eigenvalue weighted by atomic mass is 10.3. The molecule has 0 spiro atoms. The summed E-state index contributed by atoms with van der Waals surface area (Å²) in [7, 11) is 0. The Morgan fingerprint density at radius 3 is 2.65 bits per heavy atom. The molecule has 4 nitrogen and oxygen atoms in total. The van der Waals surface area contributed by atoms with Gasteiger partial charge in [0.2, 0.25) is 0 Å². The van der Waals surface area contributed by atoms with Gasteiger partial charge < -0.3 is 5.32 Å². The number of aromatic nitrogens is 2. The molecule has 2 aromatic rings. The van der Waals surface area contributed by atoms with Gasteiger partial charge in [0, 0.05) is 6.20 Å². The lowest BCUT2D eigenvalue weighted by molar-refractivity contribution is 0.102. The number of halogens is 2. The van der Waals surface area contributed by atoms with Crippen LogP contribution in [0.15, 0.2) is 36.5 Å². The second-order valence-corrected chi connectivity index (χ2v) is 3.99. The molecular weight excluding hydrogens is 261 g/mol. The van der Waals surface area contributed by atoms with Crippen LogP contribution >= 0.6 is 23.2 Å². The van der Waals surface area contributed by atoms with E-state index < -0.39 is 0 Å². The van der Waals surface area contributed by atoms with E-state index in [1.807, 2.05) is 0 Å². The molecule has 0 atom stereocenters. The van der Waals surface area contributed by atoms with Crippen molar-refractivity contribution in [1.82, 2.24) is 9.97 Å². The highest BCUT2D eigenvalue weighted by Crippen LogP contribution is 2.11. The van der Waals surface area contributed by atoms with Gasteiger partial charge in [-0.3, -0.25) is 4.79 Å². The van der Waals surface area contributed by atoms with Gasteiger partial charge in [-0.25, -0.2) is 9.97 Å². The van der Waals surface area contributed by atoms with E-state index in [2.05, 4.69) is 15.3 Å². The van der Waals surface area contributed by atoms with E-state index in [0.717, 1.165) is 0 Å². The molecule has 0 aliphatic carbocycles. The maximum Gasteiger partial charge on any atom is 0.275 e. The monoisotopic (exact) mass is 267 g/mol. The van der Waals surface area contributed by atoms with Crippen LogP contribution in [-0.4, -0.2) is 15.9 Å². The molecule has 1 amide bonds. The van der Waals surface area contributed by atoms with Crippen LogP contribution in [0.2, 0.25) is 10.2 Å². The normalized spacial score (nSPS) is 10.0. The van der Waals surface area contributed by atoms with E-state index in [1.54, 1.807) is 24.3 Å². The highest BCUT2D eigenvalue weighted by molar-refractivity contribution is 6.30. The lowest BCUT2D eigenvalue weighted by Crippen LogP contribution is -2.14. The summed E-state index contributed by atoms with van der Waals surface area (Å²) >= 11 is 11.4. The Bertz CT molecular complexity index is 543. The van der Waals surface area contributed by atoms with Gasteiger partial charge in [0.25, 0.3) is 5.91 Å². The largest absolute Gasteiger partial charge is 0.305 e. The first-order valence-corrected chi connectivity index (χ1v) is 5.46. The SMILES string of the molecule is O=C(Nc1cccc(Cl)n1)c1ccc(Cl)cn1. The zero-order chi connectivity index (χ0) is 12.3. The van der Waals surface area contributed by atoms with E-state index in [1.165, 1.54) is 12.3 Å². The van der Waals surface area contributed by atoms with E-state index in [9.17, 15) is 4.79 Å². The summed E-state index contributed by atoms with van der Waals surface area (Å²) in [6, 6.07) is 8.08. The van der Waals surface area contributed by atoms with Gasteiger partial charge in [-0.1, -0.05) is 29.3 Å². The Morgan fingerprint density at radius 2 is 2.00 bits per heavy atom. The Kier molecular flexibility index (Phi) is 3.56. The number of hydrogen-bond donors (Lipinski definition) is 1. The fourth-order valence-electron chi connectivity index (χ4n) is 1.17. The molecule has 17 heavy (non-hydrogen) atoms. The van der Waals surface area contributed by atoms with Crippen molar-refractivity contribution < 1.29 is 4.79 Å². The average Bonchev–Trinajstić information content (AvgIpc) is 2.29. The molecule has 0 fully saturated rings. The van der Waals surface area contributed by atoms with E-state index in [0.29, 0.717) is 16.0 Å². The zero-order valence-corrected chi connectivity index (χ0v) is 10.0. The molecule has 0 aliphatic rings. The summed E-state index contributed by atoms with van der Waals surface area (Å²) in [6.07, 6.45) is 1.40. The van der Waals surface area contributed by atoms with Crippen LogP contribution in [0.3, 0.4) is 0 Å². The number of carbonyl (C=O) groups excluding carboxylic acids is 1. The van der Waals surface area contributed by atoms with E-state index in [-0.39, 0.29) is 11.6 Å². The van der Waals surface area contributed by atoms with Crippen molar-refractivity contribution in [2.45, 2.75) is 0 Å². The van der Waals surface area contributed by atoms with E-state index in [4.69, 9.17) is 23.2 Å². The first-order chi connectivity index (χ1) is 8.15. The summed E-state index contributed by atoms with van der Waals surface area (Å²) < 4.78 is 0. The number of anilines is 1. The molecule has 0 bridgehead atoms. The Morgan fingerprint density at radius 1 is 1.18 bits per heavy atom. The van der Waals surface area contributed by atoms with Crippen molar-refractivity contribution in [3.05, 3.63) is 52.4 Å². The third-order valence-corrected chi connectivity index (χ3v) is 2.35. The molecule has 1 N–H and O–H groups in total. The molecule has 0 saturated heterocycles. The van der Waals surface area contributed by atoms with Crippen molar-refractivity contribution in [3.8, 4) is 0 Å². The first kappa shape index (κ1) is 11.8. The summed E-state index contributed by atoms with van der Waals surface area (Å²) in [4.78, 5) is 19.6. The maximum atomic E-state index is 11.7. The Hall–Kier alpha value is -1.65. The van der Waals surface area contributed by atoms with Crippen molar-refractivity contribution in [3.63, 3.8) is 0 Å². The number of carbonyl (C=O) groups is 1. The molecule has 2 heterocycles. The highest BCUT2D eigenvalue weighted by atomic mass is 35.5. The van der Waals surface area contributed by atoms with Gasteiger partial charge in [-0.2, -0.15) is 0 Å². The van der Waals surface area contributed by atoms with Crippen molar-refractivity contribution in [2.24, 2.45) is 0 Å². The average molecular weight is 268 g/mol. The third-order valence-electron chi connectivity index (χ3n) is 1.92. The number of nitrogens with one attached hydrogen (secondary N) is 1. The zero-order valence-electron chi connectivity index (χ0n) is 8.52. The number of pyridine rings is 2. The molecule has 0 unspecified atom stereocenters. The van der Waals surface area contributed by atoms with Crippen LogP contribution in [-0.2, 0) is 0 Å². The van der Waals surface area contributed by atoms with Gasteiger partial charge in [0.15, 0.2) is 0 Å². The van der Waals surface area contributed by atoms with Crippen molar-refractivity contribution >= 4 is 34.9 Å². The molecule has 0 aliphatic heterocycles. The van der Waals surface area contributed by atoms with Gasteiger partial charge in [-0.05, 0) is 24.3 Å². The summed E-state index contributed by atoms with van der Waals surface area (Å²) in [5.41, 5.74) is 0.260. The molecule has 2 aromatic heterocycles. The Labute approximate surface area is 108 Å². The van der Waals surface area contributed by atoms with Crippen LogP contribution in [0.4, 0.5) is 5.82 Å². The van der Waals surface area contributed by atoms with Crippen LogP contribution in [0, 0.1) is 0 Å². The first-order valence-electron chi connectivity index (χ1n) is 4.70. The molecule has 6 heteroatoms.